The molecule has 0 saturated heterocycles. The number of nitrogens with one attached hydrogen (secondary N) is 2. The van der Waals surface area contributed by atoms with Gasteiger partial charge in [0, 0.05) is 28.2 Å². The molecule has 144 valence electrons. The predicted octanol–water partition coefficient (Wildman–Crippen LogP) is 3.22. The number of carbonyl (C=O) groups is 2. The largest absolute Gasteiger partial charge is 0.325 e. The molecule has 5 nitrogen and oxygen atoms in total. The van der Waals surface area contributed by atoms with Crippen LogP contribution in [0.1, 0.15) is 16.7 Å². The van der Waals surface area contributed by atoms with Crippen LogP contribution in [-0.4, -0.2) is 27.5 Å². The molecule has 0 heterocycles. The van der Waals surface area contributed by atoms with E-state index in [-0.39, 0.29) is 11.4 Å². The fourth-order valence-electron chi connectivity index (χ4n) is 2.67. The summed E-state index contributed by atoms with van der Waals surface area (Å²) < 4.78 is 38.0. The molecule has 2 aromatic rings. The van der Waals surface area contributed by atoms with Gasteiger partial charge in [-0.15, -0.1) is 0 Å². The zero-order valence-corrected chi connectivity index (χ0v) is 16.0. The van der Waals surface area contributed by atoms with Crippen LogP contribution in [-0.2, 0) is 20.4 Å². The van der Waals surface area contributed by atoms with Crippen LogP contribution in [0.5, 0.6) is 0 Å². The molecule has 0 saturated carbocycles. The zero-order valence-electron chi connectivity index (χ0n) is 15.2. The lowest BCUT2D eigenvalue weighted by molar-refractivity contribution is -0.114. The van der Waals surface area contributed by atoms with Crippen LogP contribution >= 0.6 is 0 Å². The second kappa shape index (κ2) is 8.85. The Morgan fingerprint density at radius 3 is 2.00 bits per heavy atom. The first-order valence-electron chi connectivity index (χ1n) is 8.13. The maximum atomic E-state index is 13.1. The van der Waals surface area contributed by atoms with E-state index >= 15 is 0 Å². The molecular formula is C19H20F2N2O3S. The summed E-state index contributed by atoms with van der Waals surface area (Å²) >= 11 is 0. The Hall–Kier alpha value is -2.61. The first-order valence-corrected chi connectivity index (χ1v) is 9.62. The fraction of sp³-hybridized carbons (Fsp3) is 0.263. The van der Waals surface area contributed by atoms with E-state index in [4.69, 9.17) is 0 Å². The Bertz CT molecular complexity index is 893. The van der Waals surface area contributed by atoms with E-state index in [2.05, 4.69) is 10.6 Å². The molecule has 2 aromatic carbocycles. The smallest absolute Gasteiger partial charge is 0.237 e. The summed E-state index contributed by atoms with van der Waals surface area (Å²) in [6.45, 7) is 5.68. The van der Waals surface area contributed by atoms with Crippen LogP contribution in [0.3, 0.4) is 0 Å². The van der Waals surface area contributed by atoms with Crippen molar-refractivity contribution >= 4 is 34.0 Å². The van der Waals surface area contributed by atoms with Crippen LogP contribution in [0.4, 0.5) is 20.2 Å². The molecule has 2 amide bonds. The van der Waals surface area contributed by atoms with Crippen molar-refractivity contribution in [3.63, 3.8) is 0 Å². The Morgan fingerprint density at radius 2 is 1.44 bits per heavy atom. The summed E-state index contributed by atoms with van der Waals surface area (Å²) in [6, 6.07) is 6.74. The van der Waals surface area contributed by atoms with Gasteiger partial charge in [-0.3, -0.25) is 13.8 Å². The molecule has 0 fully saturated rings. The van der Waals surface area contributed by atoms with E-state index in [0.29, 0.717) is 5.69 Å². The van der Waals surface area contributed by atoms with Gasteiger partial charge in [-0.2, -0.15) is 0 Å². The van der Waals surface area contributed by atoms with E-state index in [0.717, 1.165) is 28.8 Å². The van der Waals surface area contributed by atoms with Crippen molar-refractivity contribution in [3.8, 4) is 0 Å². The maximum Gasteiger partial charge on any atom is 0.237 e. The summed E-state index contributed by atoms with van der Waals surface area (Å²) in [6.07, 6.45) is 0. The van der Waals surface area contributed by atoms with Crippen LogP contribution in [0.25, 0.3) is 0 Å². The molecule has 27 heavy (non-hydrogen) atoms. The number of carbonyl (C=O) groups excluding carboxylic acids is 2. The lowest BCUT2D eigenvalue weighted by Gasteiger charge is -2.12. The van der Waals surface area contributed by atoms with E-state index in [1.54, 1.807) is 0 Å². The summed E-state index contributed by atoms with van der Waals surface area (Å²) in [5, 5.41) is 5.04. The van der Waals surface area contributed by atoms with Gasteiger partial charge in [-0.1, -0.05) is 17.7 Å². The normalized spacial score (nSPS) is 11.7. The number of anilines is 2. The van der Waals surface area contributed by atoms with Gasteiger partial charge in [0.2, 0.25) is 11.8 Å². The minimum absolute atomic E-state index is 0.0475. The van der Waals surface area contributed by atoms with Gasteiger partial charge < -0.3 is 10.6 Å². The molecular weight excluding hydrogens is 374 g/mol. The highest BCUT2D eigenvalue weighted by molar-refractivity contribution is 7.86. The summed E-state index contributed by atoms with van der Waals surface area (Å²) in [5.41, 5.74) is 3.56. The zero-order chi connectivity index (χ0) is 20.1. The fourth-order valence-corrected chi connectivity index (χ4v) is 3.50. The third-order valence-electron chi connectivity index (χ3n) is 3.73. The molecule has 0 spiro atoms. The molecule has 0 aliphatic rings. The number of benzene rings is 2. The Morgan fingerprint density at radius 1 is 0.889 bits per heavy atom. The average molecular weight is 394 g/mol. The molecule has 2 rings (SSSR count). The quantitative estimate of drug-likeness (QED) is 0.790. The maximum absolute atomic E-state index is 13.1. The van der Waals surface area contributed by atoms with Gasteiger partial charge in [0.1, 0.15) is 11.5 Å². The van der Waals surface area contributed by atoms with Crippen molar-refractivity contribution in [3.05, 3.63) is 58.7 Å². The first-order chi connectivity index (χ1) is 12.7. The van der Waals surface area contributed by atoms with Crippen LogP contribution in [0, 0.1) is 32.4 Å². The standard InChI is InChI=1S/C19H20F2N2O3S/c1-11-6-12(2)19(13(3)7-11)23-18(25)10-27(26)9-17(24)22-14-4-5-15(20)16(21)8-14/h4-8H,9-10H2,1-3H3,(H,22,24)(H,23,25). The minimum Gasteiger partial charge on any atom is -0.325 e. The van der Waals surface area contributed by atoms with Gasteiger partial charge in [-0.05, 0) is 44.0 Å². The number of aryl methyl sites for hydroxylation is 3. The average Bonchev–Trinajstić information content (AvgIpc) is 2.54. The SMILES string of the molecule is Cc1cc(C)c(NC(=O)CS(=O)CC(=O)Nc2ccc(F)c(F)c2)c(C)c1. The minimum atomic E-state index is -1.75. The van der Waals surface area contributed by atoms with Gasteiger partial charge in [0.25, 0.3) is 0 Å². The summed E-state index contributed by atoms with van der Waals surface area (Å²) in [4.78, 5) is 24.0. The van der Waals surface area contributed by atoms with Crippen LogP contribution in [0.2, 0.25) is 0 Å². The third kappa shape index (κ3) is 5.96. The number of rotatable bonds is 6. The predicted molar refractivity (Wildman–Crippen MR) is 102 cm³/mol. The highest BCUT2D eigenvalue weighted by Gasteiger charge is 2.15. The molecule has 0 aliphatic heterocycles. The first kappa shape index (κ1) is 20.7. The Kier molecular flexibility index (Phi) is 6.79. The lowest BCUT2D eigenvalue weighted by Crippen LogP contribution is -2.26. The van der Waals surface area contributed by atoms with Crippen LogP contribution in [0.15, 0.2) is 30.3 Å². The third-order valence-corrected chi connectivity index (χ3v) is 4.90. The van der Waals surface area contributed by atoms with Crippen molar-refractivity contribution < 1.29 is 22.6 Å². The molecule has 1 atom stereocenters. The molecule has 1 unspecified atom stereocenters. The number of hydrogen-bond donors (Lipinski definition) is 2. The molecule has 0 aromatic heterocycles. The van der Waals surface area contributed by atoms with Crippen molar-refractivity contribution in [1.29, 1.82) is 0 Å². The van der Waals surface area contributed by atoms with Gasteiger partial charge in [0.05, 0.1) is 0 Å². The summed E-state index contributed by atoms with van der Waals surface area (Å²) in [7, 11) is -1.75. The molecule has 0 bridgehead atoms. The molecule has 0 radical (unpaired) electrons. The second-order valence-corrected chi connectivity index (χ2v) is 7.68. The van der Waals surface area contributed by atoms with E-state index in [9.17, 15) is 22.6 Å². The van der Waals surface area contributed by atoms with Gasteiger partial charge >= 0.3 is 0 Å². The van der Waals surface area contributed by atoms with Crippen molar-refractivity contribution in [2.45, 2.75) is 20.8 Å². The topological polar surface area (TPSA) is 75.3 Å². The van der Waals surface area contributed by atoms with Gasteiger partial charge in [0.15, 0.2) is 11.6 Å². The van der Waals surface area contributed by atoms with Crippen molar-refractivity contribution in [2.75, 3.05) is 22.1 Å². The molecule has 2 N–H and O–H groups in total. The van der Waals surface area contributed by atoms with Crippen molar-refractivity contribution in [1.82, 2.24) is 0 Å². The van der Waals surface area contributed by atoms with E-state index in [1.807, 2.05) is 32.9 Å². The highest BCUT2D eigenvalue weighted by atomic mass is 32.2. The summed E-state index contributed by atoms with van der Waals surface area (Å²) in [5.74, 6) is -4.04. The number of amides is 2. The number of halogens is 2. The molecule has 8 heteroatoms. The van der Waals surface area contributed by atoms with Crippen molar-refractivity contribution in [2.24, 2.45) is 0 Å². The van der Waals surface area contributed by atoms with Crippen LogP contribution < -0.4 is 10.6 Å². The monoisotopic (exact) mass is 394 g/mol. The van der Waals surface area contributed by atoms with Gasteiger partial charge in [-0.25, -0.2) is 8.78 Å². The van der Waals surface area contributed by atoms with E-state index in [1.165, 1.54) is 6.07 Å². The Balaban J connectivity index is 1.90. The highest BCUT2D eigenvalue weighted by Crippen LogP contribution is 2.21. The molecule has 0 aliphatic carbocycles. The second-order valence-electron chi connectivity index (χ2n) is 6.23. The van der Waals surface area contributed by atoms with E-state index < -0.39 is 40.0 Å². The number of hydrogen-bond acceptors (Lipinski definition) is 3. The lowest BCUT2D eigenvalue weighted by atomic mass is 10.1. The Labute approximate surface area is 158 Å².